The third-order valence-electron chi connectivity index (χ3n) is 1.70. The Bertz CT molecular complexity index is 123. The molecule has 0 bridgehead atoms. The molecular formula is C8H24NO4PSi2. The maximum atomic E-state index is 5.49. The standard InChI is InChI=1S/C8H24NO4PSi2/c1-15-13-16-8-2-4-10-6-7-12-14-11-5-3-9/h14H,2-9,15-16H2,1H3. The van der Waals surface area contributed by atoms with Gasteiger partial charge in [0.1, 0.15) is 19.5 Å². The molecular weight excluding hydrogens is 261 g/mol. The first-order valence-electron chi connectivity index (χ1n) is 5.76. The highest BCUT2D eigenvalue weighted by molar-refractivity contribution is 7.26. The Morgan fingerprint density at radius 3 is 2.69 bits per heavy atom. The van der Waals surface area contributed by atoms with E-state index >= 15 is 0 Å². The molecule has 0 radical (unpaired) electrons. The molecule has 0 amide bonds. The molecule has 0 aromatic rings. The predicted molar refractivity (Wildman–Crippen MR) is 73.6 cm³/mol. The Labute approximate surface area is 105 Å². The van der Waals surface area contributed by atoms with Crippen molar-refractivity contribution in [2.75, 3.05) is 33.0 Å². The molecule has 5 nitrogen and oxygen atoms in total. The van der Waals surface area contributed by atoms with Crippen molar-refractivity contribution in [3.8, 4) is 0 Å². The molecule has 0 aliphatic rings. The van der Waals surface area contributed by atoms with Crippen LogP contribution in [0.25, 0.3) is 0 Å². The monoisotopic (exact) mass is 285 g/mol. The summed E-state index contributed by atoms with van der Waals surface area (Å²) in [6, 6.07) is 1.23. The number of rotatable bonds is 13. The lowest BCUT2D eigenvalue weighted by Crippen LogP contribution is -2.06. The fourth-order valence-electron chi connectivity index (χ4n) is 0.939. The van der Waals surface area contributed by atoms with Crippen molar-refractivity contribution < 1.29 is 17.9 Å². The van der Waals surface area contributed by atoms with Crippen LogP contribution in [0.1, 0.15) is 6.42 Å². The molecule has 0 saturated heterocycles. The molecule has 8 heteroatoms. The normalized spacial score (nSPS) is 13.1. The van der Waals surface area contributed by atoms with Gasteiger partial charge in [-0.05, 0) is 12.5 Å². The fourth-order valence-corrected chi connectivity index (χ4v) is 3.77. The van der Waals surface area contributed by atoms with E-state index in [0.717, 1.165) is 13.0 Å². The van der Waals surface area contributed by atoms with Gasteiger partial charge in [-0.25, -0.2) is 0 Å². The van der Waals surface area contributed by atoms with Crippen LogP contribution < -0.4 is 5.73 Å². The summed E-state index contributed by atoms with van der Waals surface area (Å²) in [7, 11) is -0.305. The third kappa shape index (κ3) is 14.7. The maximum absolute atomic E-state index is 5.49. The molecule has 1 unspecified atom stereocenters. The molecule has 0 fully saturated rings. The largest absolute Gasteiger partial charge is 0.465 e. The summed E-state index contributed by atoms with van der Waals surface area (Å²) >= 11 is 0. The van der Waals surface area contributed by atoms with Gasteiger partial charge in [0.25, 0.3) is 0 Å². The molecule has 0 aliphatic heterocycles. The van der Waals surface area contributed by atoms with Crippen molar-refractivity contribution in [3.63, 3.8) is 0 Å². The summed E-state index contributed by atoms with van der Waals surface area (Å²) in [6.45, 7) is 5.33. The molecule has 0 heterocycles. The second-order valence-corrected chi connectivity index (χ2v) is 7.16. The van der Waals surface area contributed by atoms with Crippen LogP contribution in [-0.4, -0.2) is 52.5 Å². The molecule has 16 heavy (non-hydrogen) atoms. The van der Waals surface area contributed by atoms with Crippen LogP contribution in [0.2, 0.25) is 12.6 Å². The summed E-state index contributed by atoms with van der Waals surface area (Å²) in [5, 5.41) is 0. The fraction of sp³-hybridized carbons (Fsp3) is 1.00. The van der Waals surface area contributed by atoms with Gasteiger partial charge < -0.3 is 23.6 Å². The van der Waals surface area contributed by atoms with E-state index in [4.69, 9.17) is 23.6 Å². The Hall–Kier alpha value is 0.664. The average molecular weight is 285 g/mol. The van der Waals surface area contributed by atoms with Gasteiger partial charge in [-0.3, -0.25) is 0 Å². The molecule has 0 spiro atoms. The summed E-state index contributed by atoms with van der Waals surface area (Å²) < 4.78 is 21.2. The van der Waals surface area contributed by atoms with Crippen LogP contribution in [0.4, 0.5) is 0 Å². The number of nitrogens with two attached hydrogens (primary N) is 1. The van der Waals surface area contributed by atoms with Gasteiger partial charge in [-0.1, -0.05) is 6.55 Å². The highest BCUT2D eigenvalue weighted by Crippen LogP contribution is 2.11. The van der Waals surface area contributed by atoms with Gasteiger partial charge in [0.05, 0.1) is 19.8 Å². The lowest BCUT2D eigenvalue weighted by molar-refractivity contribution is 0.101. The first-order valence-corrected chi connectivity index (χ1v) is 10.1. The predicted octanol–water partition coefficient (Wildman–Crippen LogP) is -0.456. The van der Waals surface area contributed by atoms with Crippen LogP contribution in [0.3, 0.4) is 0 Å². The molecule has 98 valence electrons. The van der Waals surface area contributed by atoms with E-state index in [0.29, 0.717) is 26.4 Å². The van der Waals surface area contributed by atoms with E-state index in [9.17, 15) is 0 Å². The quantitative estimate of drug-likeness (QED) is 0.282. The lowest BCUT2D eigenvalue weighted by atomic mass is 10.5. The van der Waals surface area contributed by atoms with Crippen molar-refractivity contribution in [1.29, 1.82) is 0 Å². The van der Waals surface area contributed by atoms with E-state index in [1.807, 2.05) is 0 Å². The minimum absolute atomic E-state index is 0.0826. The zero-order chi connectivity index (χ0) is 11.9. The van der Waals surface area contributed by atoms with Crippen molar-refractivity contribution in [2.24, 2.45) is 5.73 Å². The van der Waals surface area contributed by atoms with E-state index in [-0.39, 0.29) is 28.6 Å². The van der Waals surface area contributed by atoms with E-state index < -0.39 is 0 Å². The number of hydrogen-bond acceptors (Lipinski definition) is 5. The van der Waals surface area contributed by atoms with E-state index in [1.54, 1.807) is 0 Å². The minimum Gasteiger partial charge on any atom is -0.465 e. The van der Waals surface area contributed by atoms with Crippen molar-refractivity contribution >= 4 is 28.6 Å². The van der Waals surface area contributed by atoms with E-state index in [1.165, 1.54) is 6.04 Å². The molecule has 0 rings (SSSR count). The second kappa shape index (κ2) is 15.7. The molecule has 0 aromatic heterocycles. The topological polar surface area (TPSA) is 62.9 Å². The third-order valence-corrected chi connectivity index (χ3v) is 5.92. The van der Waals surface area contributed by atoms with Crippen molar-refractivity contribution in [3.05, 3.63) is 0 Å². The van der Waals surface area contributed by atoms with Crippen LogP contribution in [0.5, 0.6) is 0 Å². The van der Waals surface area contributed by atoms with Gasteiger partial charge in [-0.15, -0.1) is 0 Å². The zero-order valence-corrected chi connectivity index (χ0v) is 13.9. The summed E-state index contributed by atoms with van der Waals surface area (Å²) in [4.78, 5) is 0. The second-order valence-electron chi connectivity index (χ2n) is 3.09. The van der Waals surface area contributed by atoms with Crippen molar-refractivity contribution in [2.45, 2.75) is 19.0 Å². The van der Waals surface area contributed by atoms with Gasteiger partial charge in [0.2, 0.25) is 0 Å². The molecule has 0 aliphatic carbocycles. The zero-order valence-electron chi connectivity index (χ0n) is 10.1. The average Bonchev–Trinajstić information content (AvgIpc) is 2.31. The molecule has 1 atom stereocenters. The van der Waals surface area contributed by atoms with Crippen LogP contribution >= 0.6 is 9.03 Å². The Balaban J connectivity index is 2.83. The first-order chi connectivity index (χ1) is 7.91. The van der Waals surface area contributed by atoms with Crippen LogP contribution in [-0.2, 0) is 17.9 Å². The highest BCUT2D eigenvalue weighted by Gasteiger charge is 1.92. The lowest BCUT2D eigenvalue weighted by Gasteiger charge is -2.05. The molecule has 0 saturated carbocycles. The summed E-state index contributed by atoms with van der Waals surface area (Å²) in [5.74, 6) is 0. The van der Waals surface area contributed by atoms with Crippen LogP contribution in [0, 0.1) is 0 Å². The molecule has 0 aromatic carbocycles. The maximum Gasteiger partial charge on any atom is 0.155 e. The van der Waals surface area contributed by atoms with Crippen molar-refractivity contribution in [1.82, 2.24) is 0 Å². The Morgan fingerprint density at radius 1 is 1.12 bits per heavy atom. The Morgan fingerprint density at radius 2 is 1.94 bits per heavy atom. The van der Waals surface area contributed by atoms with Gasteiger partial charge in [0.15, 0.2) is 9.03 Å². The SMILES string of the molecule is C[SiH2]O[SiH2]CCCOCCOPOCCN. The van der Waals surface area contributed by atoms with Gasteiger partial charge in [-0.2, -0.15) is 0 Å². The van der Waals surface area contributed by atoms with Gasteiger partial charge in [0, 0.05) is 13.2 Å². The minimum atomic E-state index is -0.222. The number of ether oxygens (including phenoxy) is 1. The molecule has 2 N–H and O–H groups in total. The van der Waals surface area contributed by atoms with Crippen LogP contribution in [0.15, 0.2) is 0 Å². The summed E-state index contributed by atoms with van der Waals surface area (Å²) in [5.41, 5.74) is 5.25. The Kier molecular flexibility index (Phi) is 16.3. The smallest absolute Gasteiger partial charge is 0.155 e. The highest BCUT2D eigenvalue weighted by atomic mass is 31.1. The van der Waals surface area contributed by atoms with E-state index in [2.05, 4.69) is 6.55 Å². The van der Waals surface area contributed by atoms with Gasteiger partial charge >= 0.3 is 0 Å². The first kappa shape index (κ1) is 16.7. The number of hydrogen-bond donors (Lipinski definition) is 1. The summed E-state index contributed by atoms with van der Waals surface area (Å²) in [6.07, 6.45) is 1.12.